The number of hydrogen-bond donors (Lipinski definition) is 0. The molecule has 1 heteroatoms. The molecule has 0 atom stereocenters. The summed E-state index contributed by atoms with van der Waals surface area (Å²) in [6.07, 6.45) is 0.323. The fraction of sp³-hybridized carbons (Fsp3) is 0. The number of nitrogens with zero attached hydrogens (tertiary/aromatic N) is 1. The Bertz CT molecular complexity index is 384. The Hall–Kier alpha value is -1.37. The average Bonchev–Trinajstić information content (AvgIpc) is 2.04. The Kier molecular flexibility index (Phi) is 0.935. The van der Waals surface area contributed by atoms with Crippen LogP contribution in [0, 0.1) is 0 Å². The van der Waals surface area contributed by atoms with Gasteiger partial charge in [0.25, 0.3) is 0 Å². The average molecular weight is 131 g/mol. The van der Waals surface area contributed by atoms with E-state index >= 15 is 0 Å². The summed E-state index contributed by atoms with van der Waals surface area (Å²) < 4.78 is 7.27. The highest BCUT2D eigenvalue weighted by atomic mass is 14.6. The van der Waals surface area contributed by atoms with E-state index < -0.39 is 0 Å². The molecular formula is C9H7N. The number of para-hydroxylation sites is 1. The van der Waals surface area contributed by atoms with E-state index in [1.54, 1.807) is 6.07 Å². The maximum absolute atomic E-state index is 7.27. The highest BCUT2D eigenvalue weighted by Gasteiger charge is 1.86. The molecule has 0 radical (unpaired) electrons. The minimum absolute atomic E-state index is 0.323. The topological polar surface area (TPSA) is 12.9 Å². The lowest BCUT2D eigenvalue weighted by molar-refractivity contribution is 1.41. The van der Waals surface area contributed by atoms with E-state index in [9.17, 15) is 0 Å². The molecule has 0 aliphatic rings. The van der Waals surface area contributed by atoms with Crippen molar-refractivity contribution in [1.82, 2.24) is 4.98 Å². The number of rotatable bonds is 0. The normalized spacial score (nSPS) is 11.4. The quantitative estimate of drug-likeness (QED) is 0.534. The predicted octanol–water partition coefficient (Wildman–Crippen LogP) is 2.23. The van der Waals surface area contributed by atoms with Gasteiger partial charge in [0, 0.05) is 11.6 Å². The van der Waals surface area contributed by atoms with E-state index in [4.69, 9.17) is 1.37 Å². The number of benzene rings is 1. The lowest BCUT2D eigenvalue weighted by atomic mass is 10.2. The minimum atomic E-state index is 0.323. The van der Waals surface area contributed by atoms with Crippen molar-refractivity contribution >= 4 is 10.9 Å². The van der Waals surface area contributed by atoms with Crippen molar-refractivity contribution in [2.45, 2.75) is 0 Å². The zero-order chi connectivity index (χ0) is 7.68. The molecule has 1 nitrogen and oxygen atoms in total. The Morgan fingerprint density at radius 3 is 2.90 bits per heavy atom. The van der Waals surface area contributed by atoms with Crippen LogP contribution in [0.4, 0.5) is 0 Å². The molecule has 10 heavy (non-hydrogen) atoms. The zero-order valence-corrected chi connectivity index (χ0v) is 5.41. The van der Waals surface area contributed by atoms with Crippen molar-refractivity contribution in [2.24, 2.45) is 0 Å². The van der Waals surface area contributed by atoms with Crippen LogP contribution in [0.5, 0.6) is 0 Å². The monoisotopic (exact) mass is 131 g/mol. The van der Waals surface area contributed by atoms with Crippen LogP contribution in [0.15, 0.2) is 42.6 Å². The molecule has 0 saturated heterocycles. The van der Waals surface area contributed by atoms with E-state index in [1.165, 1.54) is 0 Å². The third-order valence-electron chi connectivity index (χ3n) is 1.46. The maximum atomic E-state index is 7.27. The van der Waals surface area contributed by atoms with Crippen LogP contribution in [0.1, 0.15) is 1.37 Å². The van der Waals surface area contributed by atoms with Crippen LogP contribution >= 0.6 is 0 Å². The smallest absolute Gasteiger partial charge is 0.0840 e. The molecule has 1 aromatic heterocycles. The number of aromatic nitrogens is 1. The standard InChI is InChI=1S/C9H7N/c1-2-6-9-8(4-1)5-3-7-10-9/h1-7H/i7T. The van der Waals surface area contributed by atoms with Crippen LogP contribution in [0.2, 0.25) is 0 Å². The van der Waals surface area contributed by atoms with Gasteiger partial charge in [0.15, 0.2) is 0 Å². The van der Waals surface area contributed by atoms with Crippen LogP contribution in [-0.2, 0) is 0 Å². The summed E-state index contributed by atoms with van der Waals surface area (Å²) in [5, 5.41) is 1.09. The molecule has 1 aromatic carbocycles. The van der Waals surface area contributed by atoms with Gasteiger partial charge in [-0.15, -0.1) is 0 Å². The van der Waals surface area contributed by atoms with Crippen molar-refractivity contribution in [2.75, 3.05) is 0 Å². The number of hydrogen-bond acceptors (Lipinski definition) is 1. The molecule has 0 unspecified atom stereocenters. The third kappa shape index (κ3) is 0.760. The van der Waals surface area contributed by atoms with E-state index in [0.717, 1.165) is 10.9 Å². The number of pyridine rings is 1. The predicted molar refractivity (Wildman–Crippen MR) is 41.7 cm³/mol. The van der Waals surface area contributed by atoms with Crippen molar-refractivity contribution < 1.29 is 1.37 Å². The molecular weight excluding hydrogens is 122 g/mol. The Labute approximate surface area is 60.7 Å². The highest BCUT2D eigenvalue weighted by Crippen LogP contribution is 2.07. The molecule has 2 aromatic rings. The zero-order valence-electron chi connectivity index (χ0n) is 6.41. The maximum Gasteiger partial charge on any atom is 0.0840 e. The first-order chi connectivity index (χ1) is 5.36. The summed E-state index contributed by atoms with van der Waals surface area (Å²) in [4.78, 5) is 4.04. The van der Waals surface area contributed by atoms with Crippen molar-refractivity contribution in [3.63, 3.8) is 0 Å². The second kappa shape index (κ2) is 2.10. The van der Waals surface area contributed by atoms with Gasteiger partial charge in [-0.3, -0.25) is 4.98 Å². The molecule has 1 heterocycles. The van der Waals surface area contributed by atoms with Gasteiger partial charge in [0.05, 0.1) is 6.89 Å². The third-order valence-corrected chi connectivity index (χ3v) is 1.46. The van der Waals surface area contributed by atoms with Crippen molar-refractivity contribution in [1.29, 1.82) is 0 Å². The lowest BCUT2D eigenvalue weighted by Gasteiger charge is -1.91. The molecule has 0 bridgehead atoms. The van der Waals surface area contributed by atoms with Crippen LogP contribution in [0.3, 0.4) is 0 Å². The largest absolute Gasteiger partial charge is 0.256 e. The van der Waals surface area contributed by atoms with Gasteiger partial charge in [-0.25, -0.2) is 0 Å². The lowest BCUT2D eigenvalue weighted by Crippen LogP contribution is -1.73. The fourth-order valence-corrected chi connectivity index (χ4v) is 0.964. The molecule has 0 aliphatic carbocycles. The summed E-state index contributed by atoms with van der Waals surface area (Å²) in [7, 11) is 0. The Morgan fingerprint density at radius 1 is 1.10 bits per heavy atom. The van der Waals surface area contributed by atoms with E-state index in [1.807, 2.05) is 30.3 Å². The van der Waals surface area contributed by atoms with Crippen molar-refractivity contribution in [3.05, 3.63) is 42.6 Å². The molecule has 0 saturated carbocycles. The van der Waals surface area contributed by atoms with Gasteiger partial charge in [-0.05, 0) is 12.1 Å². The summed E-state index contributed by atoms with van der Waals surface area (Å²) in [5.74, 6) is 0. The van der Waals surface area contributed by atoms with Gasteiger partial charge in [-0.2, -0.15) is 0 Å². The Morgan fingerprint density at radius 2 is 1.90 bits per heavy atom. The second-order valence-electron chi connectivity index (χ2n) is 2.13. The van der Waals surface area contributed by atoms with Crippen LogP contribution in [-0.4, -0.2) is 4.98 Å². The molecule has 0 spiro atoms. The van der Waals surface area contributed by atoms with E-state index in [2.05, 4.69) is 4.98 Å². The van der Waals surface area contributed by atoms with Gasteiger partial charge >= 0.3 is 0 Å². The SMILES string of the molecule is [3H]c1ccc2ccccc2n1. The van der Waals surface area contributed by atoms with Gasteiger partial charge in [-0.1, -0.05) is 24.3 Å². The van der Waals surface area contributed by atoms with Gasteiger partial charge in [0.2, 0.25) is 0 Å². The summed E-state index contributed by atoms with van der Waals surface area (Å²) >= 11 is 0. The van der Waals surface area contributed by atoms with Gasteiger partial charge in [0.1, 0.15) is 0 Å². The summed E-state index contributed by atoms with van der Waals surface area (Å²) in [6.45, 7) is 0. The van der Waals surface area contributed by atoms with E-state index in [-0.39, 0.29) is 0 Å². The summed E-state index contributed by atoms with van der Waals surface area (Å²) in [6, 6.07) is 11.4. The second-order valence-corrected chi connectivity index (χ2v) is 2.13. The first-order valence-electron chi connectivity index (χ1n) is 3.69. The summed E-state index contributed by atoms with van der Waals surface area (Å²) in [5.41, 5.74) is 0.889. The molecule has 0 aliphatic heterocycles. The van der Waals surface area contributed by atoms with Crippen molar-refractivity contribution in [3.8, 4) is 0 Å². The minimum Gasteiger partial charge on any atom is -0.256 e. The van der Waals surface area contributed by atoms with Crippen LogP contribution in [0.25, 0.3) is 10.9 Å². The van der Waals surface area contributed by atoms with E-state index in [0.29, 0.717) is 6.17 Å². The van der Waals surface area contributed by atoms with Crippen LogP contribution < -0.4 is 0 Å². The molecule has 48 valence electrons. The Balaban J connectivity index is 2.83. The first-order valence-corrected chi connectivity index (χ1v) is 3.19. The van der Waals surface area contributed by atoms with Gasteiger partial charge < -0.3 is 0 Å². The molecule has 0 N–H and O–H groups in total. The molecule has 0 amide bonds. The highest BCUT2D eigenvalue weighted by molar-refractivity contribution is 5.77. The fourth-order valence-electron chi connectivity index (χ4n) is 0.964. The molecule has 0 fully saturated rings. The molecule has 2 rings (SSSR count). The number of fused-ring (bicyclic) bond motifs is 1. The first kappa shape index (κ1) is 4.45.